The molecule has 1 aliphatic rings. The van der Waals surface area contributed by atoms with Gasteiger partial charge in [-0.25, -0.2) is 9.78 Å². The lowest BCUT2D eigenvalue weighted by atomic mass is 9.97. The highest BCUT2D eigenvalue weighted by molar-refractivity contribution is 5.89. The number of benzene rings is 2. The fraction of sp³-hybridized carbons (Fsp3) is 0.391. The highest BCUT2D eigenvalue weighted by atomic mass is 35.5. The Labute approximate surface area is 183 Å². The summed E-state index contributed by atoms with van der Waals surface area (Å²) in [6.45, 7) is 5.23. The second kappa shape index (κ2) is 9.49. The number of aromatic nitrogens is 2. The molecule has 1 aliphatic heterocycles. The van der Waals surface area contributed by atoms with Crippen LogP contribution in [0.15, 0.2) is 48.5 Å². The molecule has 2 amide bonds. The van der Waals surface area contributed by atoms with Crippen molar-refractivity contribution in [2.24, 2.45) is 0 Å². The predicted octanol–water partition coefficient (Wildman–Crippen LogP) is 5.07. The van der Waals surface area contributed by atoms with Gasteiger partial charge in [0.1, 0.15) is 5.82 Å². The molecule has 3 aromatic rings. The van der Waals surface area contributed by atoms with E-state index in [1.165, 1.54) is 5.56 Å². The lowest BCUT2D eigenvalue weighted by Crippen LogP contribution is -2.46. The molecule has 1 aromatic heterocycles. The van der Waals surface area contributed by atoms with Gasteiger partial charge in [0, 0.05) is 18.3 Å². The standard InChI is InChI=1S/C23H29N5O.ClH/c1-15(2)16-8-10-17(11-9-16)24-23(29)25-18-12-13-28(3)21(14-18)22-26-19-6-4-5-7-20(19)27-22;/h4-11,15,18,21H,12-14H2,1-3H3,(H,26,27)(H2,24,25,29);1H/t18-,21-;/m1./s1. The average molecular weight is 428 g/mol. The highest BCUT2D eigenvalue weighted by Crippen LogP contribution is 2.29. The Bertz CT molecular complexity index is 952. The normalized spacial score (nSPS) is 19.5. The monoisotopic (exact) mass is 427 g/mol. The number of carbonyl (C=O) groups is 1. The number of fused-ring (bicyclic) bond motifs is 1. The van der Waals surface area contributed by atoms with Crippen LogP contribution >= 0.6 is 12.4 Å². The van der Waals surface area contributed by atoms with Crippen molar-refractivity contribution in [3.05, 3.63) is 59.9 Å². The molecule has 0 radical (unpaired) electrons. The number of H-pyrrole nitrogens is 1. The van der Waals surface area contributed by atoms with Gasteiger partial charge in [0.25, 0.3) is 0 Å². The van der Waals surface area contributed by atoms with Crippen molar-refractivity contribution in [2.75, 3.05) is 18.9 Å². The molecule has 2 heterocycles. The molecule has 4 rings (SSSR count). The van der Waals surface area contributed by atoms with Crippen LogP contribution in [-0.2, 0) is 0 Å². The SMILES string of the molecule is CC(C)c1ccc(NC(=O)N[C@@H]2CCN(C)[C@@H](c3nc4ccccc4[nH]3)C2)cc1.Cl. The van der Waals surface area contributed by atoms with Crippen LogP contribution in [0.5, 0.6) is 0 Å². The first-order chi connectivity index (χ1) is 14.0. The van der Waals surface area contributed by atoms with Crippen LogP contribution in [0.4, 0.5) is 10.5 Å². The number of aromatic amines is 1. The minimum absolute atomic E-state index is 0. The Morgan fingerprint density at radius 3 is 2.60 bits per heavy atom. The van der Waals surface area contributed by atoms with Crippen LogP contribution in [0.3, 0.4) is 0 Å². The van der Waals surface area contributed by atoms with E-state index in [9.17, 15) is 4.79 Å². The van der Waals surface area contributed by atoms with Crippen molar-refractivity contribution in [1.82, 2.24) is 20.2 Å². The molecule has 0 aliphatic carbocycles. The predicted molar refractivity (Wildman–Crippen MR) is 124 cm³/mol. The third-order valence-electron chi connectivity index (χ3n) is 5.76. The van der Waals surface area contributed by atoms with Crippen molar-refractivity contribution in [3.8, 4) is 0 Å². The van der Waals surface area contributed by atoms with Gasteiger partial charge in [-0.15, -0.1) is 12.4 Å². The average Bonchev–Trinajstić information content (AvgIpc) is 3.14. The van der Waals surface area contributed by atoms with Crippen molar-refractivity contribution in [2.45, 2.75) is 44.7 Å². The van der Waals surface area contributed by atoms with Crippen molar-refractivity contribution in [1.29, 1.82) is 0 Å². The number of amides is 2. The number of carbonyl (C=O) groups excluding carboxylic acids is 1. The number of hydrogen-bond donors (Lipinski definition) is 3. The molecule has 3 N–H and O–H groups in total. The molecule has 30 heavy (non-hydrogen) atoms. The summed E-state index contributed by atoms with van der Waals surface area (Å²) in [4.78, 5) is 23.0. The third kappa shape index (κ3) is 4.94. The molecule has 0 bridgehead atoms. The first-order valence-corrected chi connectivity index (χ1v) is 10.3. The molecule has 2 atom stereocenters. The molecule has 160 valence electrons. The number of piperidine rings is 1. The first kappa shape index (κ1) is 22.1. The van der Waals surface area contributed by atoms with E-state index in [0.29, 0.717) is 5.92 Å². The second-order valence-electron chi connectivity index (χ2n) is 8.23. The number of hydrogen-bond acceptors (Lipinski definition) is 3. The molecular weight excluding hydrogens is 398 g/mol. The maximum atomic E-state index is 12.5. The van der Waals surface area contributed by atoms with Gasteiger partial charge in [0.2, 0.25) is 0 Å². The lowest BCUT2D eigenvalue weighted by molar-refractivity contribution is 0.153. The zero-order chi connectivity index (χ0) is 20.4. The van der Waals surface area contributed by atoms with Crippen LogP contribution in [0.2, 0.25) is 0 Å². The minimum Gasteiger partial charge on any atom is -0.341 e. The molecule has 6 nitrogen and oxygen atoms in total. The molecule has 2 aromatic carbocycles. The van der Waals surface area contributed by atoms with Crippen LogP contribution < -0.4 is 10.6 Å². The van der Waals surface area contributed by atoms with E-state index in [2.05, 4.69) is 53.5 Å². The first-order valence-electron chi connectivity index (χ1n) is 10.3. The maximum absolute atomic E-state index is 12.5. The molecule has 7 heteroatoms. The summed E-state index contributed by atoms with van der Waals surface area (Å²) in [6, 6.07) is 16.2. The number of halogens is 1. The van der Waals surface area contributed by atoms with E-state index in [1.54, 1.807) is 0 Å². The molecule has 1 saturated heterocycles. The quantitative estimate of drug-likeness (QED) is 0.544. The number of nitrogens with one attached hydrogen (secondary N) is 3. The summed E-state index contributed by atoms with van der Waals surface area (Å²) < 4.78 is 0. The van der Waals surface area contributed by atoms with Gasteiger partial charge in [-0.3, -0.25) is 4.90 Å². The van der Waals surface area contributed by atoms with Crippen LogP contribution in [0, 0.1) is 0 Å². The van der Waals surface area contributed by atoms with E-state index in [0.717, 1.165) is 41.9 Å². The van der Waals surface area contributed by atoms with E-state index < -0.39 is 0 Å². The van der Waals surface area contributed by atoms with E-state index in [1.807, 2.05) is 36.4 Å². The smallest absolute Gasteiger partial charge is 0.319 e. The Kier molecular flexibility index (Phi) is 7.00. The van der Waals surface area contributed by atoms with Crippen LogP contribution in [0.25, 0.3) is 11.0 Å². The summed E-state index contributed by atoms with van der Waals surface area (Å²) in [5.41, 5.74) is 4.11. The number of urea groups is 1. The largest absolute Gasteiger partial charge is 0.341 e. The van der Waals surface area contributed by atoms with Gasteiger partial charge < -0.3 is 15.6 Å². The molecule has 0 unspecified atom stereocenters. The summed E-state index contributed by atoms with van der Waals surface area (Å²) in [6.07, 6.45) is 1.75. The number of likely N-dealkylation sites (tertiary alicyclic amines) is 1. The fourth-order valence-electron chi connectivity index (χ4n) is 3.97. The van der Waals surface area contributed by atoms with Crippen molar-refractivity contribution in [3.63, 3.8) is 0 Å². The topological polar surface area (TPSA) is 73.1 Å². The molecular formula is C23H30ClN5O. The number of nitrogens with zero attached hydrogens (tertiary/aromatic N) is 2. The third-order valence-corrected chi connectivity index (χ3v) is 5.76. The highest BCUT2D eigenvalue weighted by Gasteiger charge is 2.30. The second-order valence-corrected chi connectivity index (χ2v) is 8.23. The van der Waals surface area contributed by atoms with Gasteiger partial charge in [0.05, 0.1) is 17.1 Å². The minimum atomic E-state index is -0.153. The van der Waals surface area contributed by atoms with Crippen molar-refractivity contribution >= 4 is 35.2 Å². The Morgan fingerprint density at radius 1 is 1.17 bits per heavy atom. The number of para-hydroxylation sites is 2. The fourth-order valence-corrected chi connectivity index (χ4v) is 3.97. The van der Waals surface area contributed by atoms with Crippen LogP contribution in [-0.4, -0.2) is 40.5 Å². The van der Waals surface area contributed by atoms with Crippen LogP contribution in [0.1, 0.15) is 50.0 Å². The van der Waals surface area contributed by atoms with Gasteiger partial charge in [0.15, 0.2) is 0 Å². The van der Waals surface area contributed by atoms with Gasteiger partial charge in [-0.05, 0) is 55.6 Å². The summed E-state index contributed by atoms with van der Waals surface area (Å²) in [5.74, 6) is 1.44. The molecule has 1 fully saturated rings. The summed E-state index contributed by atoms with van der Waals surface area (Å²) in [5, 5.41) is 6.10. The Hall–Kier alpha value is -2.57. The van der Waals surface area contributed by atoms with E-state index >= 15 is 0 Å². The number of rotatable bonds is 4. The zero-order valence-corrected chi connectivity index (χ0v) is 18.5. The summed E-state index contributed by atoms with van der Waals surface area (Å²) >= 11 is 0. The number of imidazole rings is 1. The molecule has 0 saturated carbocycles. The maximum Gasteiger partial charge on any atom is 0.319 e. The molecule has 0 spiro atoms. The van der Waals surface area contributed by atoms with E-state index in [-0.39, 0.29) is 30.5 Å². The Balaban J connectivity index is 0.00000256. The summed E-state index contributed by atoms with van der Waals surface area (Å²) in [7, 11) is 2.12. The Morgan fingerprint density at radius 2 is 1.90 bits per heavy atom. The van der Waals surface area contributed by atoms with Gasteiger partial charge in [-0.2, -0.15) is 0 Å². The van der Waals surface area contributed by atoms with Gasteiger partial charge >= 0.3 is 6.03 Å². The zero-order valence-electron chi connectivity index (χ0n) is 17.7. The van der Waals surface area contributed by atoms with Crippen molar-refractivity contribution < 1.29 is 4.79 Å². The lowest BCUT2D eigenvalue weighted by Gasteiger charge is -2.36. The van der Waals surface area contributed by atoms with Gasteiger partial charge in [-0.1, -0.05) is 38.1 Å². The number of anilines is 1. The van der Waals surface area contributed by atoms with E-state index in [4.69, 9.17) is 4.98 Å².